The smallest absolute Gasteiger partial charge is 0.131 e. The van der Waals surface area contributed by atoms with Gasteiger partial charge in [-0.3, -0.25) is 4.79 Å². The Kier molecular flexibility index (Phi) is 4.50. The highest BCUT2D eigenvalue weighted by molar-refractivity contribution is 9.10. The number of carbonyl (C=O) groups excluding carboxylic acids is 1. The number of rotatable bonds is 3. The van der Waals surface area contributed by atoms with Crippen LogP contribution in [0.1, 0.15) is 51.3 Å². The van der Waals surface area contributed by atoms with Crippen molar-refractivity contribution in [3.63, 3.8) is 0 Å². The second-order valence-corrected chi connectivity index (χ2v) is 6.45. The molecule has 0 amide bonds. The minimum absolute atomic E-state index is 0.0779. The summed E-state index contributed by atoms with van der Waals surface area (Å²) in [5, 5.41) is 0. The summed E-state index contributed by atoms with van der Waals surface area (Å²) in [7, 11) is 0. The summed E-state index contributed by atoms with van der Waals surface area (Å²) >= 11 is 3.50. The molecule has 2 nitrogen and oxygen atoms in total. The van der Waals surface area contributed by atoms with Crippen molar-refractivity contribution in [1.82, 2.24) is 0 Å². The molecule has 0 heterocycles. The second kappa shape index (κ2) is 5.32. The summed E-state index contributed by atoms with van der Waals surface area (Å²) < 4.78 is 1.01. The molecule has 0 spiro atoms. The van der Waals surface area contributed by atoms with Crippen LogP contribution in [0.2, 0.25) is 0 Å². The van der Waals surface area contributed by atoms with E-state index >= 15 is 0 Å². The molecule has 0 bridgehead atoms. The molecule has 0 radical (unpaired) electrons. The average molecular weight is 298 g/mol. The van der Waals surface area contributed by atoms with Crippen LogP contribution in [-0.4, -0.2) is 5.78 Å². The van der Waals surface area contributed by atoms with Gasteiger partial charge in [0.1, 0.15) is 5.78 Å². The zero-order valence-corrected chi connectivity index (χ0v) is 12.5. The quantitative estimate of drug-likeness (QED) is 0.924. The van der Waals surface area contributed by atoms with Crippen LogP contribution in [0.25, 0.3) is 0 Å². The zero-order valence-electron chi connectivity index (χ0n) is 10.9. The van der Waals surface area contributed by atoms with Crippen molar-refractivity contribution in [2.75, 3.05) is 0 Å². The first-order valence-electron chi connectivity index (χ1n) is 5.76. The van der Waals surface area contributed by atoms with Gasteiger partial charge in [-0.1, -0.05) is 42.8 Å². The largest absolute Gasteiger partial charge is 0.324 e. The van der Waals surface area contributed by atoms with E-state index in [1.54, 1.807) is 6.92 Å². The van der Waals surface area contributed by atoms with Crippen LogP contribution in [0.5, 0.6) is 0 Å². The van der Waals surface area contributed by atoms with Crippen LogP contribution < -0.4 is 5.73 Å². The minimum Gasteiger partial charge on any atom is -0.324 e. The van der Waals surface area contributed by atoms with Gasteiger partial charge in [-0.05, 0) is 35.6 Å². The lowest BCUT2D eigenvalue weighted by molar-refractivity contribution is -0.117. The molecule has 0 unspecified atom stereocenters. The summed E-state index contributed by atoms with van der Waals surface area (Å²) in [5.74, 6) is 0.120. The molecule has 1 rings (SSSR count). The number of hydrogen-bond donors (Lipinski definition) is 1. The molecule has 1 aromatic carbocycles. The Morgan fingerprint density at radius 1 is 1.35 bits per heavy atom. The highest BCUT2D eigenvalue weighted by atomic mass is 79.9. The van der Waals surface area contributed by atoms with Gasteiger partial charge < -0.3 is 5.73 Å². The molecule has 0 aliphatic rings. The van der Waals surface area contributed by atoms with E-state index in [2.05, 4.69) is 48.8 Å². The van der Waals surface area contributed by atoms with Crippen molar-refractivity contribution in [2.45, 2.75) is 45.6 Å². The number of carbonyl (C=O) groups is 1. The van der Waals surface area contributed by atoms with Crippen molar-refractivity contribution in [1.29, 1.82) is 0 Å². The first kappa shape index (κ1) is 14.4. The first-order valence-corrected chi connectivity index (χ1v) is 6.55. The molecule has 0 aliphatic heterocycles. The third-order valence-corrected chi connectivity index (χ3v) is 3.18. The normalized spacial score (nSPS) is 13.5. The van der Waals surface area contributed by atoms with Crippen molar-refractivity contribution in [2.24, 2.45) is 5.73 Å². The van der Waals surface area contributed by atoms with Gasteiger partial charge in [0, 0.05) is 16.9 Å². The van der Waals surface area contributed by atoms with Gasteiger partial charge in [-0.2, -0.15) is 0 Å². The topological polar surface area (TPSA) is 43.1 Å². The predicted molar refractivity (Wildman–Crippen MR) is 75.1 cm³/mol. The Balaban J connectivity index is 3.09. The van der Waals surface area contributed by atoms with E-state index in [4.69, 9.17) is 5.73 Å². The molecular formula is C14H20BrNO. The predicted octanol–water partition coefficient (Wildman–Crippen LogP) is 3.73. The molecule has 17 heavy (non-hydrogen) atoms. The summed E-state index contributed by atoms with van der Waals surface area (Å²) in [4.78, 5) is 11.1. The van der Waals surface area contributed by atoms with Gasteiger partial charge in [-0.15, -0.1) is 0 Å². The molecule has 1 aromatic rings. The van der Waals surface area contributed by atoms with Crippen LogP contribution in [0.3, 0.4) is 0 Å². The third-order valence-electron chi connectivity index (χ3n) is 2.72. The lowest BCUT2D eigenvalue weighted by Crippen LogP contribution is -2.16. The number of nitrogens with two attached hydrogens (primary N) is 1. The van der Waals surface area contributed by atoms with Crippen LogP contribution in [-0.2, 0) is 10.2 Å². The molecule has 2 N–H and O–H groups in total. The Morgan fingerprint density at radius 3 is 2.41 bits per heavy atom. The average Bonchev–Trinajstić information content (AvgIpc) is 2.14. The number of Topliss-reactive ketones (excluding diaryl/α,β-unsaturated/α-hetero) is 1. The Morgan fingerprint density at radius 2 is 1.94 bits per heavy atom. The molecule has 0 aliphatic carbocycles. The maximum absolute atomic E-state index is 11.1. The summed E-state index contributed by atoms with van der Waals surface area (Å²) in [5.41, 5.74) is 8.35. The highest BCUT2D eigenvalue weighted by Crippen LogP contribution is 2.29. The van der Waals surface area contributed by atoms with Crippen LogP contribution in [0, 0.1) is 0 Å². The molecular weight excluding hydrogens is 278 g/mol. The minimum atomic E-state index is -0.217. The molecule has 0 saturated heterocycles. The van der Waals surface area contributed by atoms with Crippen molar-refractivity contribution in [3.8, 4) is 0 Å². The lowest BCUT2D eigenvalue weighted by Gasteiger charge is -2.22. The molecule has 0 fully saturated rings. The number of benzene rings is 1. The van der Waals surface area contributed by atoms with Gasteiger partial charge in [0.25, 0.3) is 0 Å². The Hall–Kier alpha value is -0.670. The fraction of sp³-hybridized carbons (Fsp3) is 0.500. The van der Waals surface area contributed by atoms with E-state index in [9.17, 15) is 4.79 Å². The zero-order chi connectivity index (χ0) is 13.2. The molecule has 0 aromatic heterocycles. The Bertz CT molecular complexity index is 421. The fourth-order valence-corrected chi connectivity index (χ4v) is 2.20. The van der Waals surface area contributed by atoms with E-state index in [0.29, 0.717) is 6.42 Å². The van der Waals surface area contributed by atoms with Crippen LogP contribution in [0.4, 0.5) is 0 Å². The lowest BCUT2D eigenvalue weighted by atomic mass is 9.85. The van der Waals surface area contributed by atoms with E-state index in [-0.39, 0.29) is 17.2 Å². The van der Waals surface area contributed by atoms with Crippen molar-refractivity contribution < 1.29 is 4.79 Å². The molecule has 94 valence electrons. The van der Waals surface area contributed by atoms with Gasteiger partial charge in [0.15, 0.2) is 0 Å². The number of halogens is 1. The van der Waals surface area contributed by atoms with Gasteiger partial charge >= 0.3 is 0 Å². The number of hydrogen-bond acceptors (Lipinski definition) is 2. The maximum Gasteiger partial charge on any atom is 0.131 e. The fourth-order valence-electron chi connectivity index (χ4n) is 1.69. The monoisotopic (exact) mass is 297 g/mol. The van der Waals surface area contributed by atoms with Crippen molar-refractivity contribution >= 4 is 21.7 Å². The molecule has 3 heteroatoms. The van der Waals surface area contributed by atoms with Crippen LogP contribution >= 0.6 is 15.9 Å². The molecule has 0 saturated carbocycles. The first-order chi connectivity index (χ1) is 7.70. The number of ketones is 1. The third kappa shape index (κ3) is 4.25. The van der Waals surface area contributed by atoms with E-state index in [1.807, 2.05) is 6.07 Å². The van der Waals surface area contributed by atoms with Gasteiger partial charge in [0.2, 0.25) is 0 Å². The van der Waals surface area contributed by atoms with E-state index in [1.165, 1.54) is 5.56 Å². The molecule has 1 atom stereocenters. The van der Waals surface area contributed by atoms with E-state index < -0.39 is 0 Å². The second-order valence-electron chi connectivity index (χ2n) is 5.54. The Labute approximate surface area is 112 Å². The van der Waals surface area contributed by atoms with E-state index in [0.717, 1.165) is 10.0 Å². The van der Waals surface area contributed by atoms with Gasteiger partial charge in [-0.25, -0.2) is 0 Å². The SMILES string of the molecule is CC(=O)C[C@H](N)c1cc(Br)cc(C(C)(C)C)c1. The summed E-state index contributed by atoms with van der Waals surface area (Å²) in [6, 6.07) is 5.97. The highest BCUT2D eigenvalue weighted by Gasteiger charge is 2.17. The maximum atomic E-state index is 11.1. The van der Waals surface area contributed by atoms with Crippen molar-refractivity contribution in [3.05, 3.63) is 33.8 Å². The van der Waals surface area contributed by atoms with Crippen LogP contribution in [0.15, 0.2) is 22.7 Å². The summed E-state index contributed by atoms with van der Waals surface area (Å²) in [6.07, 6.45) is 0.389. The van der Waals surface area contributed by atoms with Gasteiger partial charge in [0.05, 0.1) is 0 Å². The summed E-state index contributed by atoms with van der Waals surface area (Å²) in [6.45, 7) is 8.06. The standard InChI is InChI=1S/C14H20BrNO/c1-9(17)5-13(16)10-6-11(14(2,3)4)8-12(15)7-10/h6-8,13H,5,16H2,1-4H3/t13-/m0/s1.